The van der Waals surface area contributed by atoms with Gasteiger partial charge in [-0.2, -0.15) is 0 Å². The van der Waals surface area contributed by atoms with Crippen molar-refractivity contribution in [2.24, 2.45) is 0 Å². The fourth-order valence-corrected chi connectivity index (χ4v) is 4.51. The van der Waals surface area contributed by atoms with Crippen molar-refractivity contribution in [1.82, 2.24) is 20.0 Å². The van der Waals surface area contributed by atoms with Crippen LogP contribution in [0.1, 0.15) is 35.6 Å². The number of anilines is 1. The van der Waals surface area contributed by atoms with Crippen LogP contribution >= 0.6 is 11.3 Å². The molecule has 3 heterocycles. The van der Waals surface area contributed by atoms with Crippen molar-refractivity contribution in [2.45, 2.75) is 25.8 Å². The van der Waals surface area contributed by atoms with Gasteiger partial charge in [0.15, 0.2) is 0 Å². The number of nitrogens with one attached hydrogen (secondary N) is 1. The van der Waals surface area contributed by atoms with E-state index in [1.165, 1.54) is 16.9 Å². The van der Waals surface area contributed by atoms with Crippen LogP contribution in [-0.4, -0.2) is 52.2 Å². The number of furan rings is 1. The smallest absolute Gasteiger partial charge is 0.323 e. The lowest BCUT2D eigenvalue weighted by molar-refractivity contribution is 0.137. The van der Waals surface area contributed by atoms with Gasteiger partial charge in [0.05, 0.1) is 12.8 Å². The number of carbonyl (C=O) groups excluding carboxylic acids is 1. The third-order valence-electron chi connectivity index (χ3n) is 5.18. The van der Waals surface area contributed by atoms with Gasteiger partial charge in [0.1, 0.15) is 10.8 Å². The summed E-state index contributed by atoms with van der Waals surface area (Å²) in [4.78, 5) is 16.7. The van der Waals surface area contributed by atoms with Crippen molar-refractivity contribution in [3.05, 3.63) is 65.1 Å². The van der Waals surface area contributed by atoms with Crippen LogP contribution in [-0.2, 0) is 6.54 Å². The summed E-state index contributed by atoms with van der Waals surface area (Å²) in [5.41, 5.74) is 1.22. The highest BCUT2D eigenvalue weighted by molar-refractivity contribution is 7.15. The molecule has 1 atom stereocenters. The monoisotopic (exact) mass is 411 g/mol. The Morgan fingerprint density at radius 2 is 1.93 bits per heavy atom. The normalized spacial score (nSPS) is 16.0. The SMILES string of the molecule is CCC(c1ccccc1)c1nnc(NC(=O)N2CCN(Cc3ccco3)CC2)s1. The van der Waals surface area contributed by atoms with E-state index in [1.807, 2.05) is 35.2 Å². The minimum Gasteiger partial charge on any atom is -0.468 e. The van der Waals surface area contributed by atoms with E-state index in [-0.39, 0.29) is 11.9 Å². The van der Waals surface area contributed by atoms with Crippen LogP contribution in [0.5, 0.6) is 0 Å². The van der Waals surface area contributed by atoms with Crippen LogP contribution in [0.4, 0.5) is 9.93 Å². The Bertz CT molecular complexity index is 904. The number of hydrogen-bond acceptors (Lipinski definition) is 6. The molecule has 1 aromatic carbocycles. The Hall–Kier alpha value is -2.71. The third kappa shape index (κ3) is 4.83. The summed E-state index contributed by atoms with van der Waals surface area (Å²) in [6, 6.07) is 14.1. The average molecular weight is 412 g/mol. The molecular formula is C21H25N5O2S. The number of carbonyl (C=O) groups is 1. The van der Waals surface area contributed by atoms with Gasteiger partial charge in [-0.15, -0.1) is 10.2 Å². The van der Waals surface area contributed by atoms with Crippen LogP contribution in [0, 0.1) is 0 Å². The molecule has 0 radical (unpaired) electrons. The highest BCUT2D eigenvalue weighted by atomic mass is 32.1. The molecule has 3 aromatic rings. The molecule has 29 heavy (non-hydrogen) atoms. The number of hydrogen-bond donors (Lipinski definition) is 1. The summed E-state index contributed by atoms with van der Waals surface area (Å²) >= 11 is 1.45. The van der Waals surface area contributed by atoms with E-state index in [0.29, 0.717) is 18.2 Å². The summed E-state index contributed by atoms with van der Waals surface area (Å²) < 4.78 is 5.40. The van der Waals surface area contributed by atoms with E-state index in [4.69, 9.17) is 4.42 Å². The molecule has 4 rings (SSSR count). The first-order valence-corrected chi connectivity index (χ1v) is 10.7. The van der Waals surface area contributed by atoms with Crippen LogP contribution in [0.25, 0.3) is 0 Å². The average Bonchev–Trinajstić information content (AvgIpc) is 3.42. The van der Waals surface area contributed by atoms with Crippen molar-refractivity contribution < 1.29 is 9.21 Å². The number of piperazine rings is 1. The van der Waals surface area contributed by atoms with Gasteiger partial charge in [-0.3, -0.25) is 10.2 Å². The topological polar surface area (TPSA) is 74.5 Å². The quantitative estimate of drug-likeness (QED) is 0.663. The minimum atomic E-state index is -0.113. The number of benzene rings is 1. The van der Waals surface area contributed by atoms with Crippen molar-refractivity contribution in [2.75, 3.05) is 31.5 Å². The molecule has 0 saturated carbocycles. The second-order valence-electron chi connectivity index (χ2n) is 7.09. The minimum absolute atomic E-state index is 0.113. The number of aromatic nitrogens is 2. The fraction of sp³-hybridized carbons (Fsp3) is 0.381. The van der Waals surface area contributed by atoms with Crippen molar-refractivity contribution >= 4 is 22.5 Å². The second-order valence-corrected chi connectivity index (χ2v) is 8.10. The lowest BCUT2D eigenvalue weighted by Crippen LogP contribution is -2.49. The zero-order chi connectivity index (χ0) is 20.1. The molecular weight excluding hydrogens is 386 g/mol. The Balaban J connectivity index is 1.31. The van der Waals surface area contributed by atoms with Gasteiger partial charge in [-0.25, -0.2) is 4.79 Å². The molecule has 1 N–H and O–H groups in total. The highest BCUT2D eigenvalue weighted by Gasteiger charge is 2.23. The Kier molecular flexibility index (Phi) is 6.21. The van der Waals surface area contributed by atoms with Gasteiger partial charge >= 0.3 is 6.03 Å². The molecule has 7 nitrogen and oxygen atoms in total. The van der Waals surface area contributed by atoms with Gasteiger partial charge in [-0.05, 0) is 24.1 Å². The summed E-state index contributed by atoms with van der Waals surface area (Å²) in [7, 11) is 0. The predicted molar refractivity (Wildman–Crippen MR) is 113 cm³/mol. The van der Waals surface area contributed by atoms with E-state index >= 15 is 0 Å². The van der Waals surface area contributed by atoms with E-state index in [2.05, 4.69) is 39.5 Å². The van der Waals surface area contributed by atoms with Crippen LogP contribution in [0.15, 0.2) is 53.1 Å². The number of nitrogens with zero attached hydrogens (tertiary/aromatic N) is 4. The first-order chi connectivity index (χ1) is 14.2. The summed E-state index contributed by atoms with van der Waals surface area (Å²) in [6.45, 7) is 5.92. The second kappa shape index (κ2) is 9.19. The predicted octanol–water partition coefficient (Wildman–Crippen LogP) is 4.02. The van der Waals surface area contributed by atoms with Gasteiger partial charge < -0.3 is 9.32 Å². The van der Waals surface area contributed by atoms with Gasteiger partial charge in [-0.1, -0.05) is 48.6 Å². The number of rotatable bonds is 6. The van der Waals surface area contributed by atoms with Crippen LogP contribution < -0.4 is 5.32 Å². The fourth-order valence-electron chi connectivity index (χ4n) is 3.57. The zero-order valence-corrected chi connectivity index (χ0v) is 17.3. The number of urea groups is 1. The molecule has 2 amide bonds. The maximum absolute atomic E-state index is 12.6. The molecule has 1 unspecified atom stereocenters. The summed E-state index contributed by atoms with van der Waals surface area (Å²) in [5, 5.41) is 12.9. The molecule has 152 valence electrons. The van der Waals surface area contributed by atoms with Gasteiger partial charge in [0.2, 0.25) is 5.13 Å². The molecule has 1 aliphatic rings. The molecule has 8 heteroatoms. The lowest BCUT2D eigenvalue weighted by atomic mass is 9.97. The van der Waals surface area contributed by atoms with Crippen LogP contribution in [0.3, 0.4) is 0 Å². The molecule has 0 spiro atoms. The van der Waals surface area contributed by atoms with Gasteiger partial charge in [0.25, 0.3) is 0 Å². The standard InChI is InChI=1S/C21H25N5O2S/c1-2-18(16-7-4-3-5-8-16)19-23-24-20(29-19)22-21(27)26-12-10-25(11-13-26)15-17-9-6-14-28-17/h3-9,14,18H,2,10-13,15H2,1H3,(H,22,24,27). The summed E-state index contributed by atoms with van der Waals surface area (Å²) in [5.74, 6) is 1.15. The van der Waals surface area contributed by atoms with Gasteiger partial charge in [0, 0.05) is 32.1 Å². The largest absolute Gasteiger partial charge is 0.468 e. The molecule has 2 aromatic heterocycles. The lowest BCUT2D eigenvalue weighted by Gasteiger charge is -2.33. The van der Waals surface area contributed by atoms with Crippen LogP contribution in [0.2, 0.25) is 0 Å². The summed E-state index contributed by atoms with van der Waals surface area (Å²) in [6.07, 6.45) is 2.63. The van der Waals surface area contributed by atoms with Crippen molar-refractivity contribution in [3.8, 4) is 0 Å². The van der Waals surface area contributed by atoms with Crippen molar-refractivity contribution in [3.63, 3.8) is 0 Å². The number of amides is 2. The molecule has 1 saturated heterocycles. The van der Waals surface area contributed by atoms with E-state index in [0.717, 1.165) is 36.8 Å². The van der Waals surface area contributed by atoms with E-state index in [9.17, 15) is 4.79 Å². The Morgan fingerprint density at radius 1 is 1.14 bits per heavy atom. The first-order valence-electron chi connectivity index (χ1n) is 9.92. The Labute approximate surface area is 174 Å². The maximum Gasteiger partial charge on any atom is 0.323 e. The van der Waals surface area contributed by atoms with Crippen molar-refractivity contribution in [1.29, 1.82) is 0 Å². The third-order valence-corrected chi connectivity index (χ3v) is 6.13. The zero-order valence-electron chi connectivity index (χ0n) is 16.5. The highest BCUT2D eigenvalue weighted by Crippen LogP contribution is 2.31. The molecule has 0 bridgehead atoms. The molecule has 1 fully saturated rings. The van der Waals surface area contributed by atoms with E-state index < -0.39 is 0 Å². The first kappa shape index (κ1) is 19.6. The molecule has 0 aliphatic carbocycles. The molecule has 1 aliphatic heterocycles. The Morgan fingerprint density at radius 3 is 2.62 bits per heavy atom. The van der Waals surface area contributed by atoms with E-state index in [1.54, 1.807) is 6.26 Å². The maximum atomic E-state index is 12.6.